The van der Waals surface area contributed by atoms with E-state index in [1.165, 1.54) is 193 Å². The Morgan fingerprint density at radius 3 is 0.942 bits per heavy atom. The highest BCUT2D eigenvalue weighted by atomic mass is 32.3. The lowest BCUT2D eigenvalue weighted by Gasteiger charge is -2.26. The summed E-state index contributed by atoms with van der Waals surface area (Å²) < 4.78 is 42.1. The monoisotopic (exact) mass is 768 g/mol. The Balaban J connectivity index is 0. The van der Waals surface area contributed by atoms with Gasteiger partial charge >= 0.3 is 10.4 Å². The van der Waals surface area contributed by atoms with Crippen LogP contribution < -0.4 is 0 Å². The van der Waals surface area contributed by atoms with Gasteiger partial charge in [-0.1, -0.05) is 211 Å². The van der Waals surface area contributed by atoms with Crippen molar-refractivity contribution in [2.24, 2.45) is 0 Å². The highest BCUT2D eigenvalue weighted by Gasteiger charge is 2.15. The maximum Gasteiger partial charge on any atom is 0.424 e. The molecule has 0 bridgehead atoms. The summed E-state index contributed by atoms with van der Waals surface area (Å²) in [7, 11) is -1.49. The highest BCUT2D eigenvalue weighted by molar-refractivity contribution is 7.80. The Hall–Kier alpha value is -0.330. The maximum atomic E-state index is 9.93. The van der Waals surface area contributed by atoms with Crippen LogP contribution in [0.2, 0.25) is 0 Å². The largest absolute Gasteiger partial charge is 0.424 e. The molecule has 0 aliphatic carbocycles. The zero-order valence-electron chi connectivity index (χ0n) is 35.1. The summed E-state index contributed by atoms with van der Waals surface area (Å²) in [6, 6.07) is 0. The van der Waals surface area contributed by atoms with Crippen molar-refractivity contribution in [3.05, 3.63) is 0 Å². The molecule has 0 amide bonds. The van der Waals surface area contributed by atoms with E-state index in [4.69, 9.17) is 14.0 Å². The van der Waals surface area contributed by atoms with Crippen LogP contribution in [0.5, 0.6) is 0 Å². The average Bonchev–Trinajstić information content (AvgIpc) is 3.10. The molecule has 316 valence electrons. The number of nitrogens with zero attached hydrogens (tertiary/aromatic N) is 1. The van der Waals surface area contributed by atoms with Gasteiger partial charge in [-0.05, 0) is 26.8 Å². The molecular formula is C42H89NO8S. The lowest BCUT2D eigenvalue weighted by atomic mass is 10.0. The Morgan fingerprint density at radius 1 is 0.500 bits per heavy atom. The van der Waals surface area contributed by atoms with Crippen molar-refractivity contribution in [3.63, 3.8) is 0 Å². The normalized spacial score (nSPS) is 12.5. The molecule has 9 nitrogen and oxygen atoms in total. The topological polar surface area (TPSA) is 115 Å². The van der Waals surface area contributed by atoms with Gasteiger partial charge in [0.2, 0.25) is 0 Å². The summed E-state index contributed by atoms with van der Waals surface area (Å²) in [6.45, 7) is 8.54. The van der Waals surface area contributed by atoms with E-state index in [9.17, 15) is 13.5 Å². The first-order chi connectivity index (χ1) is 25.2. The Bertz CT molecular complexity index is 733. The highest BCUT2D eigenvalue weighted by Crippen LogP contribution is 2.16. The number of rotatable bonds is 41. The van der Waals surface area contributed by atoms with Gasteiger partial charge in [-0.3, -0.25) is 9.45 Å². The molecule has 0 saturated heterocycles. The minimum absolute atomic E-state index is 0.239. The van der Waals surface area contributed by atoms with Gasteiger partial charge < -0.3 is 14.6 Å². The van der Waals surface area contributed by atoms with Gasteiger partial charge in [0, 0.05) is 13.2 Å². The number of hydrogen-bond donors (Lipinski definition) is 2. The molecule has 0 rings (SSSR count). The minimum Gasteiger partial charge on any atom is -0.379 e. The Labute approximate surface area is 323 Å². The molecular weight excluding hydrogens is 679 g/mol. The van der Waals surface area contributed by atoms with Crippen LogP contribution >= 0.6 is 0 Å². The number of likely N-dealkylation sites (N-methyl/N-ethyl adjacent to an activating group) is 1. The predicted octanol–water partition coefficient (Wildman–Crippen LogP) is 12.5. The zero-order valence-corrected chi connectivity index (χ0v) is 35.9. The number of unbranched alkanes of at least 4 members (excludes halogenated alkanes) is 30. The van der Waals surface area contributed by atoms with Gasteiger partial charge in [0.25, 0.3) is 0 Å². The number of aliphatic hydroxyl groups is 1. The first-order valence-electron chi connectivity index (χ1n) is 22.0. The lowest BCUT2D eigenvalue weighted by molar-refractivity contribution is -0.179. The van der Waals surface area contributed by atoms with Gasteiger partial charge in [-0.15, -0.1) is 0 Å². The van der Waals surface area contributed by atoms with E-state index < -0.39 is 16.6 Å². The van der Waals surface area contributed by atoms with E-state index in [1.54, 1.807) is 0 Å². The summed E-state index contributed by atoms with van der Waals surface area (Å²) in [4.78, 5) is 5.48. The third-order valence-corrected chi connectivity index (χ3v) is 10.1. The van der Waals surface area contributed by atoms with Crippen LogP contribution in [0.15, 0.2) is 0 Å². The fourth-order valence-electron chi connectivity index (χ4n) is 6.36. The smallest absolute Gasteiger partial charge is 0.379 e. The molecule has 0 radical (unpaired) electrons. The SMILES string of the molecule is CCCCCCCCCCCCCCCCCCOC(CN(C)C(C)O)OCCCCCCCCCCCCCCCCCC.COOS(=O)(=O)O. The molecule has 10 heteroatoms. The van der Waals surface area contributed by atoms with Crippen LogP contribution in [-0.4, -0.2) is 69.4 Å². The summed E-state index contributed by atoms with van der Waals surface area (Å²) >= 11 is 0. The molecule has 0 aliphatic heterocycles. The van der Waals surface area contributed by atoms with Crippen molar-refractivity contribution in [2.75, 3.05) is 33.9 Å². The van der Waals surface area contributed by atoms with Crippen molar-refractivity contribution >= 4 is 10.4 Å². The van der Waals surface area contributed by atoms with Crippen molar-refractivity contribution < 1.29 is 36.8 Å². The van der Waals surface area contributed by atoms with E-state index in [0.717, 1.165) is 33.2 Å². The molecule has 0 aromatic carbocycles. The first kappa shape index (κ1) is 53.8. The Kier molecular flexibility index (Phi) is 44.9. The molecule has 0 aromatic heterocycles. The molecule has 0 saturated carbocycles. The average molecular weight is 768 g/mol. The lowest BCUT2D eigenvalue weighted by Crippen LogP contribution is -2.38. The minimum atomic E-state index is -4.40. The van der Waals surface area contributed by atoms with Crippen molar-refractivity contribution in [2.45, 2.75) is 239 Å². The second kappa shape index (κ2) is 43.4. The van der Waals surface area contributed by atoms with E-state index in [0.29, 0.717) is 6.54 Å². The molecule has 1 atom stereocenters. The molecule has 0 aromatic rings. The quantitative estimate of drug-likeness (QED) is 0.0206. The van der Waals surface area contributed by atoms with Crippen LogP contribution in [-0.2, 0) is 29.1 Å². The van der Waals surface area contributed by atoms with E-state index >= 15 is 0 Å². The van der Waals surface area contributed by atoms with E-state index in [2.05, 4.69) is 23.1 Å². The maximum absolute atomic E-state index is 9.93. The second-order valence-corrected chi connectivity index (χ2v) is 16.0. The van der Waals surface area contributed by atoms with Crippen LogP contribution in [0.1, 0.15) is 226 Å². The van der Waals surface area contributed by atoms with Crippen LogP contribution in [0.3, 0.4) is 0 Å². The summed E-state index contributed by atoms with van der Waals surface area (Å²) in [6.07, 6.45) is 43.6. The van der Waals surface area contributed by atoms with Gasteiger partial charge in [-0.2, -0.15) is 8.42 Å². The summed E-state index contributed by atoms with van der Waals surface area (Å²) in [5, 5.41) is 9.93. The molecule has 0 spiro atoms. The number of aliphatic hydroxyl groups excluding tert-OH is 1. The molecule has 0 heterocycles. The fraction of sp³-hybridized carbons (Fsp3) is 1.00. The van der Waals surface area contributed by atoms with Gasteiger partial charge in [0.05, 0.1) is 13.7 Å². The molecule has 0 fully saturated rings. The fourth-order valence-corrected chi connectivity index (χ4v) is 6.53. The third kappa shape index (κ3) is 47.7. The summed E-state index contributed by atoms with van der Waals surface area (Å²) in [5.41, 5.74) is 0. The van der Waals surface area contributed by atoms with Crippen molar-refractivity contribution in [1.29, 1.82) is 0 Å². The van der Waals surface area contributed by atoms with Gasteiger partial charge in [0.1, 0.15) is 6.23 Å². The predicted molar refractivity (Wildman–Crippen MR) is 219 cm³/mol. The van der Waals surface area contributed by atoms with Crippen molar-refractivity contribution in [3.8, 4) is 0 Å². The summed E-state index contributed by atoms with van der Waals surface area (Å²) in [5.74, 6) is 0. The Morgan fingerprint density at radius 2 is 0.750 bits per heavy atom. The van der Waals surface area contributed by atoms with Crippen LogP contribution in [0.25, 0.3) is 0 Å². The zero-order chi connectivity index (χ0) is 38.8. The molecule has 0 aliphatic rings. The molecule has 52 heavy (non-hydrogen) atoms. The molecule has 2 N–H and O–H groups in total. The number of ether oxygens (including phenoxy) is 2. The van der Waals surface area contributed by atoms with Crippen LogP contribution in [0.4, 0.5) is 0 Å². The standard InChI is InChI=1S/C41H85NO3.CH4O5S/c1-5-7-9-11-13-15-17-19-21-23-25-27-29-31-33-35-37-44-41(39-42(4)40(3)43)45-38-36-34-32-30-28-26-24-22-20-18-16-14-12-10-8-6-2;1-5-6-7(2,3)4/h40-41,43H,5-39H2,1-4H3;1H3,(H,2,3,4). The third-order valence-electron chi connectivity index (χ3n) is 9.83. The first-order valence-corrected chi connectivity index (χ1v) is 23.4. The van der Waals surface area contributed by atoms with Crippen molar-refractivity contribution in [1.82, 2.24) is 4.90 Å². The second-order valence-electron chi connectivity index (χ2n) is 15.0. The van der Waals surface area contributed by atoms with Crippen LogP contribution in [0, 0.1) is 0 Å². The van der Waals surface area contributed by atoms with Gasteiger partial charge in [0.15, 0.2) is 6.29 Å². The van der Waals surface area contributed by atoms with E-state index in [1.807, 2.05) is 18.9 Å². The molecule has 1 unspecified atom stereocenters. The van der Waals surface area contributed by atoms with Gasteiger partial charge in [-0.25, -0.2) is 4.89 Å². The number of hydrogen-bond acceptors (Lipinski definition) is 8. The van der Waals surface area contributed by atoms with E-state index in [-0.39, 0.29) is 6.29 Å².